The summed E-state index contributed by atoms with van der Waals surface area (Å²) in [5.41, 5.74) is 3.98. The molecule has 0 fully saturated rings. The largest absolute Gasteiger partial charge is 0.497 e. The number of hydrogen-bond acceptors (Lipinski definition) is 4. The van der Waals surface area contributed by atoms with E-state index < -0.39 is 0 Å². The van der Waals surface area contributed by atoms with Crippen LogP contribution in [0.25, 0.3) is 6.08 Å². The van der Waals surface area contributed by atoms with Crippen LogP contribution >= 0.6 is 11.6 Å². The molecule has 0 aliphatic heterocycles. The van der Waals surface area contributed by atoms with Gasteiger partial charge in [0.05, 0.1) is 20.4 Å². The van der Waals surface area contributed by atoms with Crippen LogP contribution in [0.2, 0.25) is 5.02 Å². The highest BCUT2D eigenvalue weighted by molar-refractivity contribution is 6.30. The zero-order chi connectivity index (χ0) is 17.4. The zero-order valence-corrected chi connectivity index (χ0v) is 14.1. The van der Waals surface area contributed by atoms with E-state index in [0.717, 1.165) is 5.56 Å². The topological polar surface area (TPSA) is 59.9 Å². The molecule has 0 heterocycles. The summed E-state index contributed by atoms with van der Waals surface area (Å²) in [5.74, 6) is 0.958. The lowest BCUT2D eigenvalue weighted by atomic mass is 10.2. The van der Waals surface area contributed by atoms with Gasteiger partial charge in [0.15, 0.2) is 0 Å². The zero-order valence-electron chi connectivity index (χ0n) is 13.3. The van der Waals surface area contributed by atoms with Crippen molar-refractivity contribution in [3.8, 4) is 11.5 Å². The molecule has 1 N–H and O–H groups in total. The first kappa shape index (κ1) is 17.6. The molecule has 0 aliphatic carbocycles. The lowest BCUT2D eigenvalue weighted by Crippen LogP contribution is -2.14. The number of halogens is 1. The molecule has 0 spiro atoms. The number of hydrogen-bond donors (Lipinski definition) is 1. The predicted molar refractivity (Wildman–Crippen MR) is 95.8 cm³/mol. The number of hydrazone groups is 1. The van der Waals surface area contributed by atoms with Crippen LogP contribution in [-0.4, -0.2) is 26.3 Å². The summed E-state index contributed by atoms with van der Waals surface area (Å²) in [6.07, 6.45) is 4.56. The quantitative estimate of drug-likeness (QED) is 0.495. The summed E-state index contributed by atoms with van der Waals surface area (Å²) in [6.45, 7) is 0. The van der Waals surface area contributed by atoms with E-state index in [1.165, 1.54) is 12.3 Å². The van der Waals surface area contributed by atoms with Gasteiger partial charge in [-0.15, -0.1) is 0 Å². The molecule has 0 saturated heterocycles. The Morgan fingerprint density at radius 2 is 1.88 bits per heavy atom. The maximum atomic E-state index is 11.8. The maximum Gasteiger partial charge on any atom is 0.264 e. The number of nitrogens with one attached hydrogen (secondary N) is 1. The fourth-order valence-electron chi connectivity index (χ4n) is 1.89. The SMILES string of the molecule is COc1ccc(OC)c(/C=N\NC(=O)/C=C/c2ccc(Cl)cc2)c1. The highest BCUT2D eigenvalue weighted by atomic mass is 35.5. The smallest absolute Gasteiger partial charge is 0.264 e. The monoisotopic (exact) mass is 344 g/mol. The number of rotatable bonds is 6. The third kappa shape index (κ3) is 5.14. The maximum absolute atomic E-state index is 11.8. The lowest BCUT2D eigenvalue weighted by molar-refractivity contribution is -0.116. The van der Waals surface area contributed by atoms with Crippen molar-refractivity contribution in [3.63, 3.8) is 0 Å². The van der Waals surface area contributed by atoms with Crippen molar-refractivity contribution in [3.05, 3.63) is 64.7 Å². The average Bonchev–Trinajstić information content (AvgIpc) is 2.61. The van der Waals surface area contributed by atoms with Gasteiger partial charge in [-0.3, -0.25) is 4.79 Å². The van der Waals surface area contributed by atoms with E-state index in [4.69, 9.17) is 21.1 Å². The van der Waals surface area contributed by atoms with Crippen molar-refractivity contribution in [1.82, 2.24) is 5.43 Å². The molecule has 5 nitrogen and oxygen atoms in total. The number of amides is 1. The molecule has 0 saturated carbocycles. The fourth-order valence-corrected chi connectivity index (χ4v) is 2.01. The first-order valence-corrected chi connectivity index (χ1v) is 7.49. The van der Waals surface area contributed by atoms with Crippen LogP contribution in [0.4, 0.5) is 0 Å². The molecule has 0 aliphatic rings. The van der Waals surface area contributed by atoms with Gasteiger partial charge in [-0.05, 0) is 42.0 Å². The van der Waals surface area contributed by atoms with Crippen LogP contribution in [0.15, 0.2) is 53.6 Å². The molecule has 0 atom stereocenters. The van der Waals surface area contributed by atoms with Gasteiger partial charge < -0.3 is 9.47 Å². The van der Waals surface area contributed by atoms with Crippen LogP contribution in [0, 0.1) is 0 Å². The predicted octanol–water partition coefficient (Wildman–Crippen LogP) is 3.52. The molecule has 0 aromatic heterocycles. The summed E-state index contributed by atoms with van der Waals surface area (Å²) < 4.78 is 10.4. The van der Waals surface area contributed by atoms with Crippen molar-refractivity contribution in [2.75, 3.05) is 14.2 Å². The van der Waals surface area contributed by atoms with E-state index in [1.54, 1.807) is 50.6 Å². The number of carbonyl (C=O) groups is 1. The summed E-state index contributed by atoms with van der Waals surface area (Å²) in [7, 11) is 3.14. The standard InChI is InChI=1S/C18H17ClN2O3/c1-23-16-8-9-17(24-2)14(11-16)12-20-21-18(22)10-5-13-3-6-15(19)7-4-13/h3-12H,1-2H3,(H,21,22)/b10-5+,20-12-. The Labute approximate surface area is 145 Å². The molecular formula is C18H17ClN2O3. The Kier molecular flexibility index (Phi) is 6.40. The van der Waals surface area contributed by atoms with E-state index in [0.29, 0.717) is 22.1 Å². The van der Waals surface area contributed by atoms with Crippen molar-refractivity contribution in [1.29, 1.82) is 0 Å². The molecule has 6 heteroatoms. The minimum Gasteiger partial charge on any atom is -0.497 e. The van der Waals surface area contributed by atoms with Gasteiger partial charge in [0, 0.05) is 16.7 Å². The average molecular weight is 345 g/mol. The van der Waals surface area contributed by atoms with Crippen molar-refractivity contribution >= 4 is 29.8 Å². The van der Waals surface area contributed by atoms with Crippen LogP contribution in [0.1, 0.15) is 11.1 Å². The Morgan fingerprint density at radius 1 is 1.12 bits per heavy atom. The lowest BCUT2D eigenvalue weighted by Gasteiger charge is -2.06. The van der Waals surface area contributed by atoms with Gasteiger partial charge in [0.1, 0.15) is 11.5 Å². The Bertz CT molecular complexity index is 755. The summed E-state index contributed by atoms with van der Waals surface area (Å²) in [5, 5.41) is 4.57. The van der Waals surface area contributed by atoms with Gasteiger partial charge in [0.25, 0.3) is 5.91 Å². The minimum atomic E-state index is -0.344. The van der Waals surface area contributed by atoms with Crippen molar-refractivity contribution in [2.24, 2.45) is 5.10 Å². The van der Waals surface area contributed by atoms with Gasteiger partial charge in [-0.1, -0.05) is 23.7 Å². The first-order valence-electron chi connectivity index (χ1n) is 7.11. The first-order chi connectivity index (χ1) is 11.6. The van der Waals surface area contributed by atoms with Crippen molar-refractivity contribution < 1.29 is 14.3 Å². The van der Waals surface area contributed by atoms with Gasteiger partial charge >= 0.3 is 0 Å². The van der Waals surface area contributed by atoms with Crippen LogP contribution < -0.4 is 14.9 Å². The van der Waals surface area contributed by atoms with E-state index in [-0.39, 0.29) is 5.91 Å². The van der Waals surface area contributed by atoms with Crippen LogP contribution in [0.3, 0.4) is 0 Å². The molecule has 24 heavy (non-hydrogen) atoms. The molecule has 1 amide bonds. The molecule has 2 aromatic rings. The second-order valence-corrected chi connectivity index (χ2v) is 5.16. The summed E-state index contributed by atoms with van der Waals surface area (Å²) in [4.78, 5) is 11.8. The number of nitrogens with zero attached hydrogens (tertiary/aromatic N) is 1. The third-order valence-electron chi connectivity index (χ3n) is 3.11. The van der Waals surface area contributed by atoms with E-state index in [2.05, 4.69) is 10.5 Å². The van der Waals surface area contributed by atoms with E-state index in [9.17, 15) is 4.79 Å². The van der Waals surface area contributed by atoms with Crippen LogP contribution in [0.5, 0.6) is 11.5 Å². The second-order valence-electron chi connectivity index (χ2n) is 4.73. The van der Waals surface area contributed by atoms with E-state index in [1.807, 2.05) is 12.1 Å². The Balaban J connectivity index is 1.98. The van der Waals surface area contributed by atoms with Gasteiger partial charge in [-0.2, -0.15) is 5.10 Å². The summed E-state index contributed by atoms with van der Waals surface area (Å²) >= 11 is 5.81. The number of benzene rings is 2. The molecular weight excluding hydrogens is 328 g/mol. The molecule has 0 unspecified atom stereocenters. The molecule has 2 rings (SSSR count). The van der Waals surface area contributed by atoms with Crippen LogP contribution in [-0.2, 0) is 4.79 Å². The summed E-state index contributed by atoms with van der Waals surface area (Å²) in [6, 6.07) is 12.5. The Morgan fingerprint density at radius 3 is 2.54 bits per heavy atom. The van der Waals surface area contributed by atoms with Gasteiger partial charge in [0.2, 0.25) is 0 Å². The van der Waals surface area contributed by atoms with Crippen molar-refractivity contribution in [2.45, 2.75) is 0 Å². The highest BCUT2D eigenvalue weighted by Crippen LogP contribution is 2.22. The Hall–Kier alpha value is -2.79. The fraction of sp³-hybridized carbons (Fsp3) is 0.111. The third-order valence-corrected chi connectivity index (χ3v) is 3.36. The minimum absolute atomic E-state index is 0.344. The van der Waals surface area contributed by atoms with Gasteiger partial charge in [-0.25, -0.2) is 5.43 Å². The second kappa shape index (κ2) is 8.74. The molecule has 2 aromatic carbocycles. The number of carbonyl (C=O) groups excluding carboxylic acids is 1. The van der Waals surface area contributed by atoms with E-state index >= 15 is 0 Å². The number of methoxy groups -OCH3 is 2. The molecule has 0 radical (unpaired) electrons. The number of ether oxygens (including phenoxy) is 2. The molecule has 124 valence electrons. The highest BCUT2D eigenvalue weighted by Gasteiger charge is 2.02. The molecule has 0 bridgehead atoms. The normalized spacial score (nSPS) is 11.0.